The van der Waals surface area contributed by atoms with Crippen LogP contribution in [0.15, 0.2) is 18.2 Å². The van der Waals surface area contributed by atoms with Crippen LogP contribution in [0.1, 0.15) is 25.0 Å². The molecule has 1 heterocycles. The molecule has 1 aromatic carbocycles. The molecule has 0 aliphatic carbocycles. The smallest absolute Gasteiger partial charge is 0.0883 e. The van der Waals surface area contributed by atoms with Crippen LogP contribution >= 0.6 is 0 Å². The van der Waals surface area contributed by atoms with Gasteiger partial charge in [0.2, 0.25) is 0 Å². The van der Waals surface area contributed by atoms with E-state index in [4.69, 9.17) is 4.74 Å². The SMILES string of the molecule is CNc1ccc2c(c1)COC2(C)C. The van der Waals surface area contributed by atoms with E-state index in [1.165, 1.54) is 11.1 Å². The number of hydrogen-bond acceptors (Lipinski definition) is 2. The van der Waals surface area contributed by atoms with Gasteiger partial charge < -0.3 is 10.1 Å². The summed E-state index contributed by atoms with van der Waals surface area (Å²) in [5.41, 5.74) is 3.66. The zero-order valence-electron chi connectivity index (χ0n) is 8.35. The fourth-order valence-electron chi connectivity index (χ4n) is 1.79. The lowest BCUT2D eigenvalue weighted by Gasteiger charge is -2.18. The Bertz CT molecular complexity index is 331. The monoisotopic (exact) mass is 177 g/mol. The Hall–Kier alpha value is -1.02. The first-order valence-corrected chi connectivity index (χ1v) is 4.58. The molecule has 1 aliphatic rings. The quantitative estimate of drug-likeness (QED) is 0.711. The highest BCUT2D eigenvalue weighted by molar-refractivity contribution is 5.50. The van der Waals surface area contributed by atoms with Gasteiger partial charge in [-0.1, -0.05) is 6.07 Å². The molecule has 0 saturated heterocycles. The lowest BCUT2D eigenvalue weighted by molar-refractivity contribution is -0.00789. The number of nitrogens with one attached hydrogen (secondary N) is 1. The molecule has 2 rings (SSSR count). The molecule has 70 valence electrons. The van der Waals surface area contributed by atoms with Crippen molar-refractivity contribution in [1.29, 1.82) is 0 Å². The van der Waals surface area contributed by atoms with Crippen LogP contribution in [0.2, 0.25) is 0 Å². The van der Waals surface area contributed by atoms with Crippen LogP contribution in [0.4, 0.5) is 5.69 Å². The Morgan fingerprint density at radius 3 is 2.85 bits per heavy atom. The maximum absolute atomic E-state index is 5.68. The van der Waals surface area contributed by atoms with Gasteiger partial charge in [-0.15, -0.1) is 0 Å². The van der Waals surface area contributed by atoms with E-state index in [1.807, 2.05) is 7.05 Å². The van der Waals surface area contributed by atoms with E-state index >= 15 is 0 Å². The molecule has 0 atom stereocenters. The number of anilines is 1. The Kier molecular flexibility index (Phi) is 1.81. The molecule has 13 heavy (non-hydrogen) atoms. The highest BCUT2D eigenvalue weighted by Gasteiger charge is 2.30. The van der Waals surface area contributed by atoms with Crippen molar-refractivity contribution in [3.63, 3.8) is 0 Å². The van der Waals surface area contributed by atoms with Gasteiger partial charge in [-0.05, 0) is 37.1 Å². The second-order valence-electron chi connectivity index (χ2n) is 3.92. The van der Waals surface area contributed by atoms with Crippen molar-refractivity contribution in [2.45, 2.75) is 26.1 Å². The van der Waals surface area contributed by atoms with Gasteiger partial charge >= 0.3 is 0 Å². The molecular formula is C11H15NO. The summed E-state index contributed by atoms with van der Waals surface area (Å²) in [6.07, 6.45) is 0. The van der Waals surface area contributed by atoms with Crippen LogP contribution in [0, 0.1) is 0 Å². The van der Waals surface area contributed by atoms with Gasteiger partial charge in [-0.2, -0.15) is 0 Å². The maximum Gasteiger partial charge on any atom is 0.0883 e. The number of rotatable bonds is 1. The molecule has 2 heteroatoms. The summed E-state index contributed by atoms with van der Waals surface area (Å²) in [6, 6.07) is 6.40. The molecule has 1 aliphatic heterocycles. The van der Waals surface area contributed by atoms with Crippen LogP contribution in [0.25, 0.3) is 0 Å². The van der Waals surface area contributed by atoms with E-state index in [9.17, 15) is 0 Å². The minimum Gasteiger partial charge on any atom is -0.388 e. The van der Waals surface area contributed by atoms with Crippen molar-refractivity contribution in [3.8, 4) is 0 Å². The molecule has 0 saturated carbocycles. The molecular weight excluding hydrogens is 162 g/mol. The molecule has 0 bridgehead atoms. The fraction of sp³-hybridized carbons (Fsp3) is 0.455. The third-order valence-electron chi connectivity index (χ3n) is 2.63. The lowest BCUT2D eigenvalue weighted by atomic mass is 9.96. The minimum atomic E-state index is -0.110. The van der Waals surface area contributed by atoms with Gasteiger partial charge in [0.05, 0.1) is 12.2 Å². The second kappa shape index (κ2) is 2.74. The van der Waals surface area contributed by atoms with Crippen molar-refractivity contribution < 1.29 is 4.74 Å². The van der Waals surface area contributed by atoms with Crippen molar-refractivity contribution >= 4 is 5.69 Å². The van der Waals surface area contributed by atoms with Gasteiger partial charge in [0.1, 0.15) is 0 Å². The summed E-state index contributed by atoms with van der Waals surface area (Å²) < 4.78 is 5.68. The normalized spacial score (nSPS) is 18.4. The first-order chi connectivity index (χ1) is 6.13. The van der Waals surface area contributed by atoms with E-state index in [0.717, 1.165) is 12.3 Å². The van der Waals surface area contributed by atoms with Crippen molar-refractivity contribution in [1.82, 2.24) is 0 Å². The van der Waals surface area contributed by atoms with Crippen LogP contribution in [0.5, 0.6) is 0 Å². The molecule has 0 unspecified atom stereocenters. The van der Waals surface area contributed by atoms with E-state index in [2.05, 4.69) is 37.4 Å². The van der Waals surface area contributed by atoms with E-state index < -0.39 is 0 Å². The Morgan fingerprint density at radius 2 is 2.15 bits per heavy atom. The van der Waals surface area contributed by atoms with Gasteiger partial charge in [0, 0.05) is 12.7 Å². The first-order valence-electron chi connectivity index (χ1n) is 4.58. The Morgan fingerprint density at radius 1 is 1.38 bits per heavy atom. The second-order valence-corrected chi connectivity index (χ2v) is 3.92. The third-order valence-corrected chi connectivity index (χ3v) is 2.63. The zero-order valence-corrected chi connectivity index (χ0v) is 8.35. The molecule has 2 nitrogen and oxygen atoms in total. The van der Waals surface area contributed by atoms with Crippen LogP contribution in [-0.2, 0) is 16.9 Å². The van der Waals surface area contributed by atoms with Crippen LogP contribution in [-0.4, -0.2) is 7.05 Å². The average molecular weight is 177 g/mol. The summed E-state index contributed by atoms with van der Waals surface area (Å²) in [7, 11) is 1.93. The summed E-state index contributed by atoms with van der Waals surface area (Å²) in [5, 5.41) is 3.13. The number of hydrogen-bond donors (Lipinski definition) is 1. The zero-order chi connectivity index (χ0) is 9.47. The van der Waals surface area contributed by atoms with Crippen molar-refractivity contribution in [2.75, 3.05) is 12.4 Å². The number of fused-ring (bicyclic) bond motifs is 1. The molecule has 0 amide bonds. The average Bonchev–Trinajstić information content (AvgIpc) is 2.42. The topological polar surface area (TPSA) is 21.3 Å². The highest BCUT2D eigenvalue weighted by atomic mass is 16.5. The van der Waals surface area contributed by atoms with Gasteiger partial charge in [0.25, 0.3) is 0 Å². The van der Waals surface area contributed by atoms with Crippen LogP contribution in [0.3, 0.4) is 0 Å². The summed E-state index contributed by atoms with van der Waals surface area (Å²) in [5.74, 6) is 0. The van der Waals surface area contributed by atoms with Crippen molar-refractivity contribution in [2.24, 2.45) is 0 Å². The lowest BCUT2D eigenvalue weighted by Crippen LogP contribution is -2.14. The molecule has 0 aromatic heterocycles. The predicted octanol–water partition coefficient (Wildman–Crippen LogP) is 2.49. The standard InChI is InChI=1S/C11H15NO/c1-11(2)10-5-4-9(12-3)6-8(10)7-13-11/h4-6,12H,7H2,1-3H3. The molecule has 0 radical (unpaired) electrons. The van der Waals surface area contributed by atoms with E-state index in [-0.39, 0.29) is 5.60 Å². The van der Waals surface area contributed by atoms with E-state index in [0.29, 0.717) is 0 Å². The molecule has 0 fully saturated rings. The van der Waals surface area contributed by atoms with E-state index in [1.54, 1.807) is 0 Å². The number of benzene rings is 1. The number of ether oxygens (including phenoxy) is 1. The third kappa shape index (κ3) is 1.31. The largest absolute Gasteiger partial charge is 0.388 e. The summed E-state index contributed by atoms with van der Waals surface area (Å²) in [6.45, 7) is 4.95. The maximum atomic E-state index is 5.68. The van der Waals surface area contributed by atoms with Crippen molar-refractivity contribution in [3.05, 3.63) is 29.3 Å². The predicted molar refractivity (Wildman–Crippen MR) is 53.8 cm³/mol. The minimum absolute atomic E-state index is 0.110. The summed E-state index contributed by atoms with van der Waals surface area (Å²) >= 11 is 0. The molecule has 0 spiro atoms. The Balaban J connectivity index is 2.46. The Labute approximate surface area is 78.9 Å². The molecule has 1 N–H and O–H groups in total. The first kappa shape index (κ1) is 8.57. The fourth-order valence-corrected chi connectivity index (χ4v) is 1.79. The highest BCUT2D eigenvalue weighted by Crippen LogP contribution is 2.36. The van der Waals surface area contributed by atoms with Gasteiger partial charge in [0.15, 0.2) is 0 Å². The summed E-state index contributed by atoms with van der Waals surface area (Å²) in [4.78, 5) is 0. The molecule has 1 aromatic rings. The van der Waals surface area contributed by atoms with Crippen LogP contribution < -0.4 is 5.32 Å². The van der Waals surface area contributed by atoms with Gasteiger partial charge in [-0.25, -0.2) is 0 Å². The van der Waals surface area contributed by atoms with Gasteiger partial charge in [-0.3, -0.25) is 0 Å².